The molecule has 0 saturated carbocycles. The Morgan fingerprint density at radius 1 is 1.00 bits per heavy atom. The van der Waals surface area contributed by atoms with Crippen molar-refractivity contribution in [2.75, 3.05) is 67.3 Å². The predicted octanol–water partition coefficient (Wildman–Crippen LogP) is 0.596. The first-order chi connectivity index (χ1) is 8.78. The second-order valence-electron chi connectivity index (χ2n) is 4.39. The zero-order valence-corrected chi connectivity index (χ0v) is 12.4. The summed E-state index contributed by atoms with van der Waals surface area (Å²) in [5, 5.41) is 3.51. The lowest BCUT2D eigenvalue weighted by atomic mass is 10.2. The van der Waals surface area contributed by atoms with Crippen molar-refractivity contribution in [1.82, 2.24) is 10.2 Å². The smallest absolute Gasteiger partial charge is 0.0628 e. The molecule has 0 aromatic rings. The first-order valence-corrected chi connectivity index (χ1v) is 6.71. The summed E-state index contributed by atoms with van der Waals surface area (Å²) >= 11 is 0. The van der Waals surface area contributed by atoms with Crippen LogP contribution in [-0.2, 0) is 14.2 Å². The summed E-state index contributed by atoms with van der Waals surface area (Å²) in [4.78, 5) is 2.35. The number of ether oxygens (including phenoxy) is 3. The lowest BCUT2D eigenvalue weighted by Gasteiger charge is -2.27. The van der Waals surface area contributed by atoms with Gasteiger partial charge in [0.1, 0.15) is 0 Å². The Labute approximate surface area is 112 Å². The fourth-order valence-electron chi connectivity index (χ4n) is 1.77. The Balaban J connectivity index is 4.09. The van der Waals surface area contributed by atoms with Gasteiger partial charge in [-0.15, -0.1) is 0 Å². The first-order valence-electron chi connectivity index (χ1n) is 6.71. The highest BCUT2D eigenvalue weighted by atomic mass is 16.5. The van der Waals surface area contributed by atoms with E-state index >= 15 is 0 Å². The second kappa shape index (κ2) is 13.2. The molecule has 0 aliphatic carbocycles. The molecule has 0 rings (SSSR count). The van der Waals surface area contributed by atoms with Crippen LogP contribution in [0.3, 0.4) is 0 Å². The molecule has 1 N–H and O–H groups in total. The van der Waals surface area contributed by atoms with Gasteiger partial charge in [-0.25, -0.2) is 0 Å². The molecule has 0 aliphatic rings. The Bertz CT molecular complexity index is 162. The lowest BCUT2D eigenvalue weighted by molar-refractivity contribution is 0.0910. The summed E-state index contributed by atoms with van der Waals surface area (Å²) in [6.45, 7) is 8.23. The summed E-state index contributed by atoms with van der Waals surface area (Å²) in [6.07, 6.45) is 1.14. The molecule has 0 aromatic carbocycles. The molecular formula is C13H30N2O3. The molecule has 5 heteroatoms. The third-order valence-electron chi connectivity index (χ3n) is 2.75. The number of nitrogens with one attached hydrogen (secondary N) is 1. The van der Waals surface area contributed by atoms with Crippen molar-refractivity contribution in [3.63, 3.8) is 0 Å². The number of methoxy groups -OCH3 is 3. The fourth-order valence-corrected chi connectivity index (χ4v) is 1.77. The third kappa shape index (κ3) is 9.79. The highest BCUT2D eigenvalue weighted by Crippen LogP contribution is 1.95. The van der Waals surface area contributed by atoms with Crippen LogP contribution >= 0.6 is 0 Å². The van der Waals surface area contributed by atoms with Gasteiger partial charge in [-0.3, -0.25) is 4.90 Å². The maximum absolute atomic E-state index is 5.26. The monoisotopic (exact) mass is 262 g/mol. The maximum atomic E-state index is 5.26. The highest BCUT2D eigenvalue weighted by molar-refractivity contribution is 4.72. The zero-order chi connectivity index (χ0) is 13.6. The quantitative estimate of drug-likeness (QED) is 0.526. The molecule has 1 unspecified atom stereocenters. The molecule has 1 atom stereocenters. The van der Waals surface area contributed by atoms with Gasteiger partial charge in [0.2, 0.25) is 0 Å². The average Bonchev–Trinajstić information content (AvgIpc) is 2.39. The van der Waals surface area contributed by atoms with Gasteiger partial charge in [-0.05, 0) is 13.0 Å². The van der Waals surface area contributed by atoms with E-state index in [1.807, 2.05) is 0 Å². The molecule has 0 fully saturated rings. The van der Waals surface area contributed by atoms with Crippen LogP contribution in [0.5, 0.6) is 0 Å². The van der Waals surface area contributed by atoms with Crippen LogP contribution in [0.1, 0.15) is 13.3 Å². The van der Waals surface area contributed by atoms with Crippen molar-refractivity contribution in [2.45, 2.75) is 19.4 Å². The van der Waals surface area contributed by atoms with Crippen LogP contribution in [-0.4, -0.2) is 78.3 Å². The first kappa shape index (κ1) is 17.8. The van der Waals surface area contributed by atoms with Gasteiger partial charge in [0, 0.05) is 47.0 Å². The minimum absolute atomic E-state index is 0.365. The standard InChI is InChI=1S/C13H30N2O3/c1-5-6-14-13(12-18-4)11-15(7-9-16-2)8-10-17-3/h13-14H,5-12H2,1-4H3. The Morgan fingerprint density at radius 3 is 2.06 bits per heavy atom. The Hall–Kier alpha value is -0.200. The SMILES string of the molecule is CCCNC(COC)CN(CCOC)CCOC. The molecule has 0 amide bonds. The molecule has 0 aliphatic heterocycles. The summed E-state index contributed by atoms with van der Waals surface area (Å²) in [5.41, 5.74) is 0. The maximum Gasteiger partial charge on any atom is 0.0628 e. The molecule has 0 radical (unpaired) electrons. The average molecular weight is 262 g/mol. The van der Waals surface area contributed by atoms with E-state index in [0.717, 1.165) is 52.4 Å². The summed E-state index contributed by atoms with van der Waals surface area (Å²) in [5.74, 6) is 0. The van der Waals surface area contributed by atoms with Crippen LogP contribution in [0.25, 0.3) is 0 Å². The minimum atomic E-state index is 0.365. The highest BCUT2D eigenvalue weighted by Gasteiger charge is 2.13. The van der Waals surface area contributed by atoms with Crippen LogP contribution < -0.4 is 5.32 Å². The van der Waals surface area contributed by atoms with Crippen molar-refractivity contribution < 1.29 is 14.2 Å². The minimum Gasteiger partial charge on any atom is -0.383 e. The van der Waals surface area contributed by atoms with Gasteiger partial charge in [0.15, 0.2) is 0 Å². The van der Waals surface area contributed by atoms with Crippen molar-refractivity contribution >= 4 is 0 Å². The van der Waals surface area contributed by atoms with Crippen molar-refractivity contribution in [2.24, 2.45) is 0 Å². The fraction of sp³-hybridized carbons (Fsp3) is 1.00. The van der Waals surface area contributed by atoms with Gasteiger partial charge in [-0.2, -0.15) is 0 Å². The van der Waals surface area contributed by atoms with E-state index in [4.69, 9.17) is 14.2 Å². The van der Waals surface area contributed by atoms with Crippen molar-refractivity contribution in [3.05, 3.63) is 0 Å². The molecule has 18 heavy (non-hydrogen) atoms. The van der Waals surface area contributed by atoms with Gasteiger partial charge in [0.25, 0.3) is 0 Å². The Morgan fingerprint density at radius 2 is 1.61 bits per heavy atom. The van der Waals surface area contributed by atoms with E-state index in [2.05, 4.69) is 17.1 Å². The van der Waals surface area contributed by atoms with E-state index in [-0.39, 0.29) is 0 Å². The van der Waals surface area contributed by atoms with Crippen LogP contribution in [0, 0.1) is 0 Å². The number of nitrogens with zero attached hydrogens (tertiary/aromatic N) is 1. The summed E-state index contributed by atoms with van der Waals surface area (Å²) < 4.78 is 15.5. The van der Waals surface area contributed by atoms with Crippen LogP contribution in [0.15, 0.2) is 0 Å². The van der Waals surface area contributed by atoms with Gasteiger partial charge in [0.05, 0.1) is 19.8 Å². The van der Waals surface area contributed by atoms with E-state index in [1.54, 1.807) is 21.3 Å². The molecule has 0 saturated heterocycles. The van der Waals surface area contributed by atoms with Gasteiger partial charge in [-0.1, -0.05) is 6.92 Å². The zero-order valence-electron chi connectivity index (χ0n) is 12.4. The van der Waals surface area contributed by atoms with E-state index in [1.165, 1.54) is 0 Å². The predicted molar refractivity (Wildman–Crippen MR) is 74.1 cm³/mol. The molecular weight excluding hydrogens is 232 g/mol. The molecule has 0 aromatic heterocycles. The van der Waals surface area contributed by atoms with Crippen LogP contribution in [0.4, 0.5) is 0 Å². The molecule has 110 valence electrons. The third-order valence-corrected chi connectivity index (χ3v) is 2.75. The van der Waals surface area contributed by atoms with Crippen LogP contribution in [0.2, 0.25) is 0 Å². The lowest BCUT2D eigenvalue weighted by Crippen LogP contribution is -2.46. The number of hydrogen-bond acceptors (Lipinski definition) is 5. The largest absolute Gasteiger partial charge is 0.383 e. The Kier molecular flexibility index (Phi) is 13.1. The van der Waals surface area contributed by atoms with E-state index < -0.39 is 0 Å². The van der Waals surface area contributed by atoms with Crippen molar-refractivity contribution in [1.29, 1.82) is 0 Å². The van der Waals surface area contributed by atoms with Gasteiger partial charge < -0.3 is 19.5 Å². The van der Waals surface area contributed by atoms with Gasteiger partial charge >= 0.3 is 0 Å². The molecule has 5 nitrogen and oxygen atoms in total. The summed E-state index contributed by atoms with van der Waals surface area (Å²) in [7, 11) is 5.21. The molecule has 0 bridgehead atoms. The van der Waals surface area contributed by atoms with Crippen molar-refractivity contribution in [3.8, 4) is 0 Å². The number of rotatable bonds is 13. The summed E-state index contributed by atoms with van der Waals surface area (Å²) in [6, 6.07) is 0.365. The number of hydrogen-bond donors (Lipinski definition) is 1. The molecule has 0 heterocycles. The molecule has 0 spiro atoms. The van der Waals surface area contributed by atoms with E-state index in [9.17, 15) is 0 Å². The second-order valence-corrected chi connectivity index (χ2v) is 4.39. The van der Waals surface area contributed by atoms with E-state index in [0.29, 0.717) is 6.04 Å². The normalized spacial score (nSPS) is 13.2. The topological polar surface area (TPSA) is 43.0 Å².